The van der Waals surface area contributed by atoms with Crippen molar-refractivity contribution < 1.29 is 0 Å². The first-order valence-electron chi connectivity index (χ1n) is 6.12. The maximum atomic E-state index is 4.46. The van der Waals surface area contributed by atoms with Crippen molar-refractivity contribution in [2.45, 2.75) is 39.7 Å². The standard InChI is InChI=1S/C13H23N3/c1-5-11(6-2)10(3)15-13-9-7-8-12(14-4)16-13/h7-11H,5-6H2,1-4H3,(H2,14,15,16). The molecular weight excluding hydrogens is 198 g/mol. The molecule has 0 radical (unpaired) electrons. The lowest BCUT2D eigenvalue weighted by molar-refractivity contribution is 0.437. The van der Waals surface area contributed by atoms with Gasteiger partial charge in [0, 0.05) is 13.1 Å². The van der Waals surface area contributed by atoms with E-state index in [1.807, 2.05) is 25.2 Å². The number of rotatable bonds is 6. The summed E-state index contributed by atoms with van der Waals surface area (Å²) in [6, 6.07) is 6.46. The van der Waals surface area contributed by atoms with Crippen LogP contribution in [-0.2, 0) is 0 Å². The number of hydrogen-bond acceptors (Lipinski definition) is 3. The van der Waals surface area contributed by atoms with Crippen LogP contribution in [0.2, 0.25) is 0 Å². The van der Waals surface area contributed by atoms with Crippen molar-refractivity contribution in [1.82, 2.24) is 4.98 Å². The second kappa shape index (κ2) is 6.36. The molecule has 16 heavy (non-hydrogen) atoms. The van der Waals surface area contributed by atoms with Crippen molar-refractivity contribution in [3.63, 3.8) is 0 Å². The van der Waals surface area contributed by atoms with Gasteiger partial charge in [0.05, 0.1) is 0 Å². The van der Waals surface area contributed by atoms with Gasteiger partial charge in [0.25, 0.3) is 0 Å². The minimum Gasteiger partial charge on any atom is -0.373 e. The third kappa shape index (κ3) is 3.40. The van der Waals surface area contributed by atoms with Gasteiger partial charge in [0.1, 0.15) is 11.6 Å². The van der Waals surface area contributed by atoms with E-state index in [4.69, 9.17) is 0 Å². The number of aromatic nitrogens is 1. The van der Waals surface area contributed by atoms with Gasteiger partial charge in [0.15, 0.2) is 0 Å². The first-order valence-corrected chi connectivity index (χ1v) is 6.12. The number of nitrogens with zero attached hydrogens (tertiary/aromatic N) is 1. The van der Waals surface area contributed by atoms with E-state index < -0.39 is 0 Å². The molecule has 1 aromatic rings. The highest BCUT2D eigenvalue weighted by molar-refractivity contribution is 5.45. The molecular formula is C13H23N3. The Bertz CT molecular complexity index is 308. The fourth-order valence-electron chi connectivity index (χ4n) is 2.00. The molecule has 1 rings (SSSR count). The van der Waals surface area contributed by atoms with Crippen LogP contribution in [-0.4, -0.2) is 18.1 Å². The summed E-state index contributed by atoms with van der Waals surface area (Å²) >= 11 is 0. The summed E-state index contributed by atoms with van der Waals surface area (Å²) in [4.78, 5) is 4.46. The Morgan fingerprint density at radius 3 is 2.38 bits per heavy atom. The molecule has 1 heterocycles. The molecule has 3 nitrogen and oxygen atoms in total. The Labute approximate surface area is 98.7 Å². The molecule has 3 heteroatoms. The SMILES string of the molecule is CCC(CC)C(C)Nc1cccc(NC)n1. The van der Waals surface area contributed by atoms with Crippen molar-refractivity contribution >= 4 is 11.6 Å². The largest absolute Gasteiger partial charge is 0.373 e. The van der Waals surface area contributed by atoms with E-state index in [9.17, 15) is 0 Å². The van der Waals surface area contributed by atoms with E-state index in [0.717, 1.165) is 11.6 Å². The van der Waals surface area contributed by atoms with Gasteiger partial charge in [-0.05, 0) is 25.0 Å². The maximum absolute atomic E-state index is 4.46. The van der Waals surface area contributed by atoms with E-state index >= 15 is 0 Å². The molecule has 0 aliphatic rings. The highest BCUT2D eigenvalue weighted by atomic mass is 15.1. The average molecular weight is 221 g/mol. The molecule has 0 aliphatic heterocycles. The van der Waals surface area contributed by atoms with Crippen LogP contribution in [0.15, 0.2) is 18.2 Å². The number of pyridine rings is 1. The molecule has 0 amide bonds. The summed E-state index contributed by atoms with van der Waals surface area (Å²) in [5, 5.41) is 6.51. The van der Waals surface area contributed by atoms with Crippen LogP contribution < -0.4 is 10.6 Å². The Balaban J connectivity index is 2.64. The van der Waals surface area contributed by atoms with Crippen molar-refractivity contribution in [1.29, 1.82) is 0 Å². The third-order valence-electron chi connectivity index (χ3n) is 3.14. The lowest BCUT2D eigenvalue weighted by Gasteiger charge is -2.23. The molecule has 0 aliphatic carbocycles. The van der Waals surface area contributed by atoms with Crippen LogP contribution in [0, 0.1) is 5.92 Å². The van der Waals surface area contributed by atoms with Crippen LogP contribution in [0.4, 0.5) is 11.6 Å². The van der Waals surface area contributed by atoms with Crippen LogP contribution in [0.3, 0.4) is 0 Å². The fourth-order valence-corrected chi connectivity index (χ4v) is 2.00. The van der Waals surface area contributed by atoms with Crippen molar-refractivity contribution in [2.75, 3.05) is 17.7 Å². The molecule has 1 atom stereocenters. The van der Waals surface area contributed by atoms with E-state index in [2.05, 4.69) is 36.4 Å². The van der Waals surface area contributed by atoms with Crippen molar-refractivity contribution in [3.8, 4) is 0 Å². The van der Waals surface area contributed by atoms with Crippen LogP contribution in [0.25, 0.3) is 0 Å². The van der Waals surface area contributed by atoms with Crippen LogP contribution in [0.5, 0.6) is 0 Å². The average Bonchev–Trinajstić information content (AvgIpc) is 2.31. The van der Waals surface area contributed by atoms with Gasteiger partial charge in [-0.1, -0.05) is 32.8 Å². The van der Waals surface area contributed by atoms with Gasteiger partial charge in [-0.15, -0.1) is 0 Å². The summed E-state index contributed by atoms with van der Waals surface area (Å²) in [6.45, 7) is 6.71. The number of nitrogens with one attached hydrogen (secondary N) is 2. The molecule has 0 fully saturated rings. The first kappa shape index (κ1) is 12.8. The molecule has 2 N–H and O–H groups in total. The van der Waals surface area contributed by atoms with Gasteiger partial charge < -0.3 is 10.6 Å². The topological polar surface area (TPSA) is 37.0 Å². The van der Waals surface area contributed by atoms with E-state index in [-0.39, 0.29) is 0 Å². The van der Waals surface area contributed by atoms with E-state index in [1.54, 1.807) is 0 Å². The fraction of sp³-hybridized carbons (Fsp3) is 0.615. The lowest BCUT2D eigenvalue weighted by Crippen LogP contribution is -2.25. The summed E-state index contributed by atoms with van der Waals surface area (Å²) in [5.74, 6) is 2.56. The minimum absolute atomic E-state index is 0.467. The third-order valence-corrected chi connectivity index (χ3v) is 3.14. The number of hydrogen-bond donors (Lipinski definition) is 2. The highest BCUT2D eigenvalue weighted by Crippen LogP contribution is 2.17. The smallest absolute Gasteiger partial charge is 0.128 e. The molecule has 0 spiro atoms. The van der Waals surface area contributed by atoms with Gasteiger partial charge in [-0.2, -0.15) is 0 Å². The second-order valence-corrected chi connectivity index (χ2v) is 4.17. The van der Waals surface area contributed by atoms with E-state index in [1.165, 1.54) is 12.8 Å². The lowest BCUT2D eigenvalue weighted by atomic mass is 9.95. The maximum Gasteiger partial charge on any atom is 0.128 e. The molecule has 0 saturated heterocycles. The van der Waals surface area contributed by atoms with Crippen LogP contribution >= 0.6 is 0 Å². The minimum atomic E-state index is 0.467. The van der Waals surface area contributed by atoms with E-state index in [0.29, 0.717) is 12.0 Å². The Hall–Kier alpha value is -1.25. The summed E-state index contributed by atoms with van der Waals surface area (Å²) in [5.41, 5.74) is 0. The van der Waals surface area contributed by atoms with Crippen molar-refractivity contribution in [2.24, 2.45) is 5.92 Å². The molecule has 1 aromatic heterocycles. The van der Waals surface area contributed by atoms with Gasteiger partial charge in [-0.25, -0.2) is 4.98 Å². The Morgan fingerprint density at radius 2 is 1.81 bits per heavy atom. The van der Waals surface area contributed by atoms with Gasteiger partial charge in [0.2, 0.25) is 0 Å². The van der Waals surface area contributed by atoms with Gasteiger partial charge >= 0.3 is 0 Å². The predicted molar refractivity (Wildman–Crippen MR) is 70.9 cm³/mol. The first-order chi connectivity index (χ1) is 7.71. The number of anilines is 2. The monoisotopic (exact) mass is 221 g/mol. The normalized spacial score (nSPS) is 12.6. The quantitative estimate of drug-likeness (QED) is 0.773. The zero-order valence-electron chi connectivity index (χ0n) is 10.7. The second-order valence-electron chi connectivity index (χ2n) is 4.17. The summed E-state index contributed by atoms with van der Waals surface area (Å²) in [6.07, 6.45) is 2.41. The summed E-state index contributed by atoms with van der Waals surface area (Å²) < 4.78 is 0. The molecule has 0 saturated carbocycles. The molecule has 90 valence electrons. The van der Waals surface area contributed by atoms with Crippen molar-refractivity contribution in [3.05, 3.63) is 18.2 Å². The van der Waals surface area contributed by atoms with Crippen LogP contribution in [0.1, 0.15) is 33.6 Å². The molecule has 1 unspecified atom stereocenters. The molecule has 0 aromatic carbocycles. The van der Waals surface area contributed by atoms with Gasteiger partial charge in [-0.3, -0.25) is 0 Å². The highest BCUT2D eigenvalue weighted by Gasteiger charge is 2.13. The molecule has 0 bridgehead atoms. The summed E-state index contributed by atoms with van der Waals surface area (Å²) in [7, 11) is 1.89. The zero-order chi connectivity index (χ0) is 12.0. The zero-order valence-corrected chi connectivity index (χ0v) is 10.7. The Morgan fingerprint density at radius 1 is 1.19 bits per heavy atom. The Kier molecular flexibility index (Phi) is 5.09. The predicted octanol–water partition coefficient (Wildman–Crippen LogP) is 3.36.